The number of ether oxygens (including phenoxy) is 6. The van der Waals surface area contributed by atoms with E-state index in [-0.39, 0.29) is 178 Å². The first-order valence-electron chi connectivity index (χ1n) is 41.3. The predicted molar refractivity (Wildman–Crippen MR) is 446 cm³/mol. The largest absolute Gasteiger partial charge is 0.493 e. The second-order valence-corrected chi connectivity index (χ2v) is 30.7. The van der Waals surface area contributed by atoms with Gasteiger partial charge in [0.15, 0.2) is 0 Å². The lowest BCUT2D eigenvalue weighted by Crippen LogP contribution is -2.28. The van der Waals surface area contributed by atoms with Gasteiger partial charge in [-0.2, -0.15) is 0 Å². The summed E-state index contributed by atoms with van der Waals surface area (Å²) >= 11 is 0. The van der Waals surface area contributed by atoms with Crippen LogP contribution in [0, 0.1) is 0 Å². The average molecular weight is 1560 g/mol. The van der Waals surface area contributed by atoms with Crippen LogP contribution in [0.4, 0.5) is 0 Å². The van der Waals surface area contributed by atoms with Gasteiger partial charge in [0.2, 0.25) is 0 Å². The highest BCUT2D eigenvalue weighted by atomic mass is 16.5. The number of nitrogens with zero attached hydrogens (tertiary/aromatic N) is 6. The molecule has 16 aliphatic heterocycles. The van der Waals surface area contributed by atoms with Crippen LogP contribution < -0.4 is 95.1 Å². The van der Waals surface area contributed by atoms with Crippen LogP contribution in [-0.2, 0) is 39.3 Å². The van der Waals surface area contributed by atoms with E-state index in [0.29, 0.717) is 71.9 Å². The lowest BCUT2D eigenvalue weighted by Gasteiger charge is -2.18. The minimum absolute atomic E-state index is 0.110. The van der Waals surface area contributed by atoms with Gasteiger partial charge in [-0.05, 0) is 111 Å². The van der Waals surface area contributed by atoms with Crippen molar-refractivity contribution in [3.05, 3.63) is 230 Å². The molecule has 0 radical (unpaired) electrons. The minimum atomic E-state index is -0.747. The third-order valence-corrected chi connectivity index (χ3v) is 22.4. The molecule has 24 nitrogen and oxygen atoms in total. The highest BCUT2D eigenvalue weighted by molar-refractivity contribution is 6.00. The van der Waals surface area contributed by atoms with Crippen molar-refractivity contribution < 1.29 is 28.4 Å². The highest BCUT2D eigenvalue weighted by Crippen LogP contribution is 2.36. The fourth-order valence-corrected chi connectivity index (χ4v) is 15.8. The van der Waals surface area contributed by atoms with E-state index in [2.05, 4.69) is 41.5 Å². The number of hydrogen-bond donors (Lipinski definition) is 0. The van der Waals surface area contributed by atoms with Gasteiger partial charge < -0.3 is 28.4 Å². The van der Waals surface area contributed by atoms with Crippen LogP contribution in [0.1, 0.15) is 229 Å². The van der Waals surface area contributed by atoms with Crippen molar-refractivity contribution in [2.45, 2.75) is 235 Å². The smallest absolute Gasteiger partial charge is 0.261 e. The fraction of sp³-hybridized carbons (Fsp3) is 0.467. The molecular weight excluding hydrogens is 1450 g/mol. The third kappa shape index (κ3) is 16.5. The van der Waals surface area contributed by atoms with Crippen LogP contribution in [-0.4, -0.2) is 67.0 Å². The summed E-state index contributed by atoms with van der Waals surface area (Å²) in [6.45, 7) is 11.6. The molecule has 24 heteroatoms. The van der Waals surface area contributed by atoms with Gasteiger partial charge in [-0.25, -0.2) is 0 Å². The molecule has 0 amide bonds. The van der Waals surface area contributed by atoms with Crippen LogP contribution in [0.3, 0.4) is 0 Å². The predicted octanol–water partition coefficient (Wildman–Crippen LogP) is 12.7. The van der Waals surface area contributed by atoms with Gasteiger partial charge in [0, 0.05) is 33.4 Å². The van der Waals surface area contributed by atoms with Crippen LogP contribution >= 0.6 is 0 Å². The van der Waals surface area contributed by atoms with E-state index in [0.717, 1.165) is 143 Å². The van der Waals surface area contributed by atoms with E-state index < -0.39 is 66.7 Å². The molecule has 28 rings (SSSR count). The topological polar surface area (TPSA) is 290 Å². The maximum absolute atomic E-state index is 14.9. The van der Waals surface area contributed by atoms with E-state index in [9.17, 15) is 57.5 Å². The van der Waals surface area contributed by atoms with Gasteiger partial charge in [-0.1, -0.05) is 157 Å². The zero-order valence-electron chi connectivity index (χ0n) is 66.4. The Balaban J connectivity index is 1.01. The molecule has 16 aliphatic rings. The standard InChI is InChI=1S/C90H102N6O18/c1-7-13-19-25-31-109-73-37-56-50-92-81(99)63-45-67-68(46-64(63)82(92)100)86(104)94(85(67)103)52-58-40-78(114-36-30-24-18-12-6)60(42-77(58)113-35-29-23-17-11-5)54-96-89(107)71-47-69-70(48-72(71)90(96)108)88(106)95(87(69)105)53-59-41-75(111-33-27-21-15-9-3)57(39-76(59)112-34-28-22-16-10-4)51-93-83(101)65-43-61-62(44-66(65)84(93)102)80(98)91(79(61)97)49-55(73)38-74(56)110-32-26-20-14-8-2/h37-48H,7-36,49-54H2,1-6H3. The average Bonchev–Trinajstić information content (AvgIpc) is 1.59. The Morgan fingerprint density at radius 3 is 0.421 bits per heavy atom. The number of aromatic nitrogens is 6. The second-order valence-electron chi connectivity index (χ2n) is 30.7. The molecule has 22 heterocycles. The molecule has 12 aromatic rings. The molecule has 0 spiro atoms. The molecule has 0 atom stereocenters. The van der Waals surface area contributed by atoms with Crippen molar-refractivity contribution in [3.8, 4) is 34.5 Å². The molecule has 0 aliphatic carbocycles. The van der Waals surface area contributed by atoms with E-state index >= 15 is 0 Å². The van der Waals surface area contributed by atoms with E-state index in [1.807, 2.05) is 0 Å². The summed E-state index contributed by atoms with van der Waals surface area (Å²) in [4.78, 5) is 179. The Hall–Kier alpha value is -11.0. The Kier molecular flexibility index (Phi) is 25.9. The zero-order valence-corrected chi connectivity index (χ0v) is 66.4. The van der Waals surface area contributed by atoms with E-state index in [4.69, 9.17) is 28.4 Å². The Morgan fingerprint density at radius 2 is 0.307 bits per heavy atom. The summed E-state index contributed by atoms with van der Waals surface area (Å²) in [5, 5.41) is -1.32. The quantitative estimate of drug-likeness (QED) is 0.0330. The maximum Gasteiger partial charge on any atom is 0.261 e. The van der Waals surface area contributed by atoms with Gasteiger partial charge in [-0.15, -0.1) is 0 Å². The molecule has 114 heavy (non-hydrogen) atoms. The van der Waals surface area contributed by atoms with Crippen molar-refractivity contribution in [2.75, 3.05) is 39.6 Å². The van der Waals surface area contributed by atoms with Crippen LogP contribution in [0.5, 0.6) is 34.5 Å². The molecule has 0 saturated carbocycles. The maximum atomic E-state index is 14.9. The van der Waals surface area contributed by atoms with Crippen molar-refractivity contribution in [1.29, 1.82) is 0 Å². The molecular formula is C90H102N6O18. The number of rotatable bonds is 36. The van der Waals surface area contributed by atoms with Gasteiger partial charge in [0.1, 0.15) is 34.5 Å². The molecule has 6 aromatic carbocycles. The Labute approximate surface area is 656 Å². The molecule has 24 bridgehead atoms. The lowest BCUT2D eigenvalue weighted by molar-refractivity contribution is 0.291. The van der Waals surface area contributed by atoms with Gasteiger partial charge in [-0.3, -0.25) is 84.9 Å². The normalized spacial score (nSPS) is 12.7. The Bertz CT molecular complexity index is 5060. The first-order valence-corrected chi connectivity index (χ1v) is 41.3. The molecule has 600 valence electrons. The summed E-state index contributed by atoms with van der Waals surface area (Å²) < 4.78 is 45.4. The van der Waals surface area contributed by atoms with Crippen molar-refractivity contribution in [3.63, 3.8) is 0 Å². The van der Waals surface area contributed by atoms with E-state index in [1.165, 1.54) is 36.4 Å². The molecule has 0 unspecified atom stereocenters. The summed E-state index contributed by atoms with van der Waals surface area (Å²) in [6, 6.07) is 17.5. The summed E-state index contributed by atoms with van der Waals surface area (Å²) in [5.41, 5.74) is -6.89. The second kappa shape index (κ2) is 36.4. The Morgan fingerprint density at radius 1 is 0.184 bits per heavy atom. The monoisotopic (exact) mass is 1550 g/mol. The SMILES string of the molecule is CCCCCCOc1cc2c(OCCCCCC)cc1Cn1c(=O)c3cc4c(=O)n(c(=O)c4cc3c1=O)Cc1cc(OCCCCCC)c(cc1OCCCCCC)Cn1c(=O)c3cc4c(=O)n(c(=O)c4cc3c1=O)Cc1cc(OCCCCCC)c(cc1OCCCCCC)Cn1c(=O)c3cc4c(=O)n(c(=O)c4cc3c1=O)C2. The first-order chi connectivity index (χ1) is 55.3. The summed E-state index contributed by atoms with van der Waals surface area (Å²) in [5.74, 6) is 1.39. The van der Waals surface area contributed by atoms with Crippen LogP contribution in [0.2, 0.25) is 0 Å². The van der Waals surface area contributed by atoms with Gasteiger partial charge in [0.25, 0.3) is 66.7 Å². The van der Waals surface area contributed by atoms with Gasteiger partial charge >= 0.3 is 0 Å². The number of unbranched alkanes of at least 4 members (excludes halogenated alkanes) is 18. The van der Waals surface area contributed by atoms with Crippen LogP contribution in [0.15, 0.2) is 130 Å². The zero-order chi connectivity index (χ0) is 80.4. The third-order valence-electron chi connectivity index (χ3n) is 22.4. The number of benzene rings is 6. The van der Waals surface area contributed by atoms with Gasteiger partial charge in [0.05, 0.1) is 144 Å². The summed E-state index contributed by atoms with van der Waals surface area (Å²) in [6.07, 6.45) is 20.1. The fourth-order valence-electron chi connectivity index (χ4n) is 15.8. The molecule has 0 N–H and O–H groups in total. The molecule has 0 fully saturated rings. The lowest BCUT2D eigenvalue weighted by atomic mass is 10.1. The van der Waals surface area contributed by atoms with Crippen molar-refractivity contribution in [1.82, 2.24) is 27.4 Å². The number of hydrogen-bond acceptors (Lipinski definition) is 18. The van der Waals surface area contributed by atoms with Crippen molar-refractivity contribution >= 4 is 64.6 Å². The minimum Gasteiger partial charge on any atom is -0.493 e. The van der Waals surface area contributed by atoms with E-state index in [1.54, 1.807) is 36.4 Å². The molecule has 6 aromatic heterocycles. The highest BCUT2D eigenvalue weighted by Gasteiger charge is 2.29. The molecule has 0 saturated heterocycles. The summed E-state index contributed by atoms with van der Waals surface area (Å²) in [7, 11) is 0. The van der Waals surface area contributed by atoms with Crippen LogP contribution in [0.25, 0.3) is 64.6 Å². The first kappa shape index (κ1) is 81.0. The van der Waals surface area contributed by atoms with Crippen molar-refractivity contribution in [2.24, 2.45) is 0 Å².